The van der Waals surface area contributed by atoms with Gasteiger partial charge in [-0.3, -0.25) is 19.3 Å². The highest BCUT2D eigenvalue weighted by Crippen LogP contribution is 2.23. The van der Waals surface area contributed by atoms with Crippen LogP contribution in [-0.4, -0.2) is 46.9 Å². The first-order valence-electron chi connectivity index (χ1n) is 9.83. The van der Waals surface area contributed by atoms with E-state index >= 15 is 0 Å². The third-order valence-corrected chi connectivity index (χ3v) is 4.93. The molecule has 8 nitrogen and oxygen atoms in total. The molecule has 0 aliphatic carbocycles. The van der Waals surface area contributed by atoms with Crippen LogP contribution in [-0.2, 0) is 25.7 Å². The topological polar surface area (TPSA) is 105 Å². The van der Waals surface area contributed by atoms with Gasteiger partial charge in [0.05, 0.1) is 0 Å². The Balaban J connectivity index is 1.84. The summed E-state index contributed by atoms with van der Waals surface area (Å²) in [6.07, 6.45) is 1.12. The van der Waals surface area contributed by atoms with Crippen LogP contribution in [0.3, 0.4) is 0 Å². The summed E-state index contributed by atoms with van der Waals surface area (Å²) in [6, 6.07) is 7.06. The molecular weight excluding hydrogens is 374 g/mol. The molecule has 2 atom stereocenters. The Bertz CT molecular complexity index is 777. The molecule has 8 heteroatoms. The number of hydrogen-bond acceptors (Lipinski definition) is 5. The number of hydrogen-bond donors (Lipinski definition) is 2. The number of benzene rings is 1. The van der Waals surface area contributed by atoms with Crippen LogP contribution in [0.5, 0.6) is 0 Å². The van der Waals surface area contributed by atoms with E-state index in [-0.39, 0.29) is 0 Å². The van der Waals surface area contributed by atoms with E-state index in [0.29, 0.717) is 13.0 Å². The number of carbonyl (C=O) groups excluding carboxylic acids is 4. The number of nitrogens with zero attached hydrogens (tertiary/aromatic N) is 1. The first-order chi connectivity index (χ1) is 13.7. The maximum atomic E-state index is 12.5. The van der Waals surface area contributed by atoms with Gasteiger partial charge < -0.3 is 15.4 Å². The monoisotopic (exact) mass is 403 g/mol. The molecule has 2 rings (SSSR count). The van der Waals surface area contributed by atoms with Crippen molar-refractivity contribution < 1.29 is 23.9 Å². The number of ether oxygens (including phenoxy) is 1. The van der Waals surface area contributed by atoms with Crippen molar-refractivity contribution >= 4 is 23.8 Å². The standard InChI is InChI=1S/C21H29N3O5/c1-5-6-11-21(4)19(27)24(20(28)23-21)13-17(25)29-15(3)18(26)22-12-16-9-7-14(2)8-10-16/h7-10,15H,5-6,11-13H2,1-4H3,(H,22,26)(H,23,28)/t15-,21+/m1/s1. The molecule has 1 aromatic carbocycles. The van der Waals surface area contributed by atoms with Gasteiger partial charge in [-0.1, -0.05) is 49.6 Å². The lowest BCUT2D eigenvalue weighted by Crippen LogP contribution is -2.44. The van der Waals surface area contributed by atoms with Crippen molar-refractivity contribution in [3.05, 3.63) is 35.4 Å². The van der Waals surface area contributed by atoms with Crippen molar-refractivity contribution in [2.75, 3.05) is 6.54 Å². The molecule has 0 bridgehead atoms. The highest BCUT2D eigenvalue weighted by atomic mass is 16.5. The van der Waals surface area contributed by atoms with Crippen LogP contribution >= 0.6 is 0 Å². The quantitative estimate of drug-likeness (QED) is 0.485. The van der Waals surface area contributed by atoms with E-state index in [4.69, 9.17) is 4.74 Å². The zero-order chi connectivity index (χ0) is 21.6. The van der Waals surface area contributed by atoms with Crippen LogP contribution in [0.1, 0.15) is 51.2 Å². The van der Waals surface area contributed by atoms with Crippen molar-refractivity contribution in [2.45, 2.75) is 65.1 Å². The van der Waals surface area contributed by atoms with Gasteiger partial charge in [-0.25, -0.2) is 4.79 Å². The minimum atomic E-state index is -1.04. The van der Waals surface area contributed by atoms with Gasteiger partial charge in [0.1, 0.15) is 12.1 Å². The summed E-state index contributed by atoms with van der Waals surface area (Å²) in [5, 5.41) is 5.33. The molecular formula is C21H29N3O5. The number of rotatable bonds is 9. The summed E-state index contributed by atoms with van der Waals surface area (Å²) in [6.45, 7) is 6.84. The SMILES string of the molecule is CCCC[C@]1(C)NC(=O)N(CC(=O)O[C@H](C)C(=O)NCc2ccc(C)cc2)C1=O. The first-order valence-corrected chi connectivity index (χ1v) is 9.83. The average molecular weight is 403 g/mol. The second-order valence-corrected chi connectivity index (χ2v) is 7.59. The van der Waals surface area contributed by atoms with Crippen molar-refractivity contribution in [3.8, 4) is 0 Å². The molecule has 1 heterocycles. The molecule has 0 saturated carbocycles. The largest absolute Gasteiger partial charge is 0.451 e. The first kappa shape index (κ1) is 22.4. The fraction of sp³-hybridized carbons (Fsp3) is 0.524. The maximum absolute atomic E-state index is 12.5. The summed E-state index contributed by atoms with van der Waals surface area (Å²) in [4.78, 5) is 49.8. The molecule has 1 aliphatic heterocycles. The van der Waals surface area contributed by atoms with Crippen molar-refractivity contribution in [2.24, 2.45) is 0 Å². The highest BCUT2D eigenvalue weighted by molar-refractivity contribution is 6.08. The van der Waals surface area contributed by atoms with E-state index in [2.05, 4.69) is 10.6 Å². The van der Waals surface area contributed by atoms with E-state index in [1.54, 1.807) is 6.92 Å². The molecule has 4 amide bonds. The predicted octanol–water partition coefficient (Wildman–Crippen LogP) is 2.04. The van der Waals surface area contributed by atoms with Crippen molar-refractivity contribution in [3.63, 3.8) is 0 Å². The normalized spacial score (nSPS) is 19.7. The lowest BCUT2D eigenvalue weighted by Gasteiger charge is -2.21. The van der Waals surface area contributed by atoms with Gasteiger partial charge in [0.15, 0.2) is 6.10 Å². The van der Waals surface area contributed by atoms with Gasteiger partial charge in [-0.05, 0) is 32.8 Å². The van der Waals surface area contributed by atoms with Gasteiger partial charge in [0.25, 0.3) is 11.8 Å². The second kappa shape index (κ2) is 9.54. The fourth-order valence-corrected chi connectivity index (χ4v) is 3.05. The molecule has 0 unspecified atom stereocenters. The van der Waals surface area contributed by atoms with Crippen molar-refractivity contribution in [1.29, 1.82) is 0 Å². The smallest absolute Gasteiger partial charge is 0.327 e. The van der Waals surface area contributed by atoms with Crippen LogP contribution in [0.2, 0.25) is 0 Å². The molecule has 0 radical (unpaired) electrons. The van der Waals surface area contributed by atoms with Crippen LogP contribution in [0.25, 0.3) is 0 Å². The summed E-state index contributed by atoms with van der Waals surface area (Å²) in [5.41, 5.74) is 1.03. The van der Waals surface area contributed by atoms with Crippen LogP contribution in [0.15, 0.2) is 24.3 Å². The lowest BCUT2D eigenvalue weighted by molar-refractivity contribution is -0.156. The van der Waals surface area contributed by atoms with Gasteiger partial charge in [0.2, 0.25) is 0 Å². The van der Waals surface area contributed by atoms with Gasteiger partial charge in [-0.15, -0.1) is 0 Å². The summed E-state index contributed by atoms with van der Waals surface area (Å²) >= 11 is 0. The van der Waals surface area contributed by atoms with Crippen LogP contribution < -0.4 is 10.6 Å². The zero-order valence-corrected chi connectivity index (χ0v) is 17.4. The van der Waals surface area contributed by atoms with E-state index in [0.717, 1.165) is 28.9 Å². The molecule has 158 valence electrons. The van der Waals surface area contributed by atoms with Crippen LogP contribution in [0, 0.1) is 6.92 Å². The predicted molar refractivity (Wildman–Crippen MR) is 107 cm³/mol. The minimum absolute atomic E-state index is 0.309. The molecule has 1 aliphatic rings. The number of unbranched alkanes of at least 4 members (excludes halogenated alkanes) is 1. The van der Waals surface area contributed by atoms with E-state index in [1.165, 1.54) is 6.92 Å². The molecule has 1 aromatic rings. The number of esters is 1. The highest BCUT2D eigenvalue weighted by Gasteiger charge is 2.48. The maximum Gasteiger partial charge on any atom is 0.327 e. The van der Waals surface area contributed by atoms with Gasteiger partial charge in [-0.2, -0.15) is 0 Å². The summed E-state index contributed by atoms with van der Waals surface area (Å²) < 4.78 is 5.10. The Labute approximate surface area is 171 Å². The number of carbonyl (C=O) groups is 4. The molecule has 1 saturated heterocycles. The number of aryl methyl sites for hydroxylation is 1. The zero-order valence-electron chi connectivity index (χ0n) is 17.4. The Morgan fingerprint density at radius 3 is 2.52 bits per heavy atom. The molecule has 1 fully saturated rings. The Hall–Kier alpha value is -2.90. The van der Waals surface area contributed by atoms with E-state index in [1.807, 2.05) is 38.1 Å². The van der Waals surface area contributed by atoms with Crippen LogP contribution in [0.4, 0.5) is 4.79 Å². The minimum Gasteiger partial charge on any atom is -0.451 e. The number of nitrogens with one attached hydrogen (secondary N) is 2. The van der Waals surface area contributed by atoms with Gasteiger partial charge in [0, 0.05) is 6.54 Å². The second-order valence-electron chi connectivity index (χ2n) is 7.59. The van der Waals surface area contributed by atoms with Crippen molar-refractivity contribution in [1.82, 2.24) is 15.5 Å². The number of amides is 4. The Morgan fingerprint density at radius 2 is 1.90 bits per heavy atom. The lowest BCUT2D eigenvalue weighted by atomic mass is 9.95. The molecule has 2 N–H and O–H groups in total. The summed E-state index contributed by atoms with van der Waals surface area (Å²) in [5.74, 6) is -1.72. The fourth-order valence-electron chi connectivity index (χ4n) is 3.05. The Kier molecular flexibility index (Phi) is 7.36. The number of urea groups is 1. The molecule has 29 heavy (non-hydrogen) atoms. The third-order valence-electron chi connectivity index (χ3n) is 4.93. The molecule has 0 spiro atoms. The van der Waals surface area contributed by atoms with E-state index < -0.39 is 42.0 Å². The van der Waals surface area contributed by atoms with E-state index in [9.17, 15) is 19.2 Å². The summed E-state index contributed by atoms with van der Waals surface area (Å²) in [7, 11) is 0. The average Bonchev–Trinajstić information content (AvgIpc) is 2.89. The molecule has 0 aromatic heterocycles. The number of imide groups is 1. The van der Waals surface area contributed by atoms with Gasteiger partial charge >= 0.3 is 12.0 Å². The third kappa shape index (κ3) is 5.79. The Morgan fingerprint density at radius 1 is 1.24 bits per heavy atom.